The molecule has 0 bridgehead atoms. The highest BCUT2D eigenvalue weighted by Gasteiger charge is 2.26. The molecular formula is C7H13FO. The van der Waals surface area contributed by atoms with Crippen LogP contribution in [0.5, 0.6) is 0 Å². The molecule has 2 heteroatoms. The summed E-state index contributed by atoms with van der Waals surface area (Å²) in [5, 5.41) is 8.92. The molecule has 2 unspecified atom stereocenters. The lowest BCUT2D eigenvalue weighted by atomic mass is 9.88. The van der Waals surface area contributed by atoms with Gasteiger partial charge in [0.1, 0.15) is 6.17 Å². The van der Waals surface area contributed by atoms with Crippen molar-refractivity contribution in [2.45, 2.75) is 38.5 Å². The number of rotatable bonds is 0. The molecule has 0 aliphatic heterocycles. The first-order valence-corrected chi connectivity index (χ1v) is 3.52. The average molecular weight is 132 g/mol. The smallest absolute Gasteiger partial charge is 0.126 e. The average Bonchev–Trinajstić information content (AvgIpc) is 1.80. The molecule has 0 radical (unpaired) electrons. The van der Waals surface area contributed by atoms with Gasteiger partial charge in [-0.2, -0.15) is 0 Å². The van der Waals surface area contributed by atoms with Crippen molar-refractivity contribution in [3.05, 3.63) is 0 Å². The van der Waals surface area contributed by atoms with E-state index in [9.17, 15) is 4.39 Å². The number of hydrogen-bond acceptors (Lipinski definition) is 1. The second-order valence-electron chi connectivity index (χ2n) is 3.00. The van der Waals surface area contributed by atoms with Crippen molar-refractivity contribution < 1.29 is 9.50 Å². The van der Waals surface area contributed by atoms with Crippen molar-refractivity contribution >= 4 is 0 Å². The van der Waals surface area contributed by atoms with Gasteiger partial charge in [-0.25, -0.2) is 4.39 Å². The van der Waals surface area contributed by atoms with E-state index in [4.69, 9.17) is 5.11 Å². The van der Waals surface area contributed by atoms with E-state index in [2.05, 4.69) is 0 Å². The molecule has 1 fully saturated rings. The molecule has 0 aromatic rings. The summed E-state index contributed by atoms with van der Waals surface area (Å²) in [6.07, 6.45) is 0.514. The van der Waals surface area contributed by atoms with Crippen molar-refractivity contribution in [1.29, 1.82) is 0 Å². The van der Waals surface area contributed by atoms with Crippen LogP contribution in [-0.2, 0) is 0 Å². The van der Waals surface area contributed by atoms with E-state index in [0.717, 1.165) is 6.42 Å². The largest absolute Gasteiger partial charge is 0.390 e. The minimum Gasteiger partial charge on any atom is -0.390 e. The summed E-state index contributed by atoms with van der Waals surface area (Å²) in [6.45, 7) is 2.03. The van der Waals surface area contributed by atoms with E-state index in [1.165, 1.54) is 0 Å². The molecule has 1 nitrogen and oxygen atoms in total. The Morgan fingerprint density at radius 3 is 2.56 bits per heavy atom. The van der Waals surface area contributed by atoms with Gasteiger partial charge in [0.15, 0.2) is 0 Å². The molecule has 0 aromatic heterocycles. The highest BCUT2D eigenvalue weighted by molar-refractivity contribution is 4.76. The van der Waals surface area contributed by atoms with Gasteiger partial charge in [0.25, 0.3) is 0 Å². The Morgan fingerprint density at radius 1 is 1.44 bits per heavy atom. The minimum atomic E-state index is -0.964. The van der Waals surface area contributed by atoms with E-state index >= 15 is 0 Å². The van der Waals surface area contributed by atoms with E-state index in [1.54, 1.807) is 0 Å². The highest BCUT2D eigenvalue weighted by atomic mass is 19.1. The van der Waals surface area contributed by atoms with Crippen molar-refractivity contribution in [1.82, 2.24) is 0 Å². The first-order valence-electron chi connectivity index (χ1n) is 3.52. The van der Waals surface area contributed by atoms with E-state index in [-0.39, 0.29) is 0 Å². The monoisotopic (exact) mass is 132 g/mol. The Morgan fingerprint density at radius 2 is 2.11 bits per heavy atom. The molecule has 54 valence electrons. The maximum absolute atomic E-state index is 12.6. The quantitative estimate of drug-likeness (QED) is 0.529. The zero-order valence-electron chi connectivity index (χ0n) is 5.68. The molecule has 0 aromatic carbocycles. The third-order valence-corrected chi connectivity index (χ3v) is 2.00. The van der Waals surface area contributed by atoms with Crippen LogP contribution in [0.1, 0.15) is 26.2 Å². The number of alkyl halides is 1. The molecule has 3 atom stereocenters. The first-order chi connectivity index (χ1) is 4.20. The summed E-state index contributed by atoms with van der Waals surface area (Å²) in [6, 6.07) is 0. The second kappa shape index (κ2) is 2.65. The fourth-order valence-corrected chi connectivity index (χ4v) is 1.30. The summed E-state index contributed by atoms with van der Waals surface area (Å²) >= 11 is 0. The third kappa shape index (κ3) is 1.65. The molecule has 0 heterocycles. The lowest BCUT2D eigenvalue weighted by Crippen LogP contribution is -2.29. The molecule has 1 aliphatic rings. The Kier molecular flexibility index (Phi) is 2.06. The molecule has 0 saturated heterocycles. The Labute approximate surface area is 54.9 Å². The van der Waals surface area contributed by atoms with Crippen molar-refractivity contribution in [2.75, 3.05) is 0 Å². The number of halogens is 1. The maximum Gasteiger partial charge on any atom is 0.126 e. The zero-order chi connectivity index (χ0) is 6.85. The van der Waals surface area contributed by atoms with Gasteiger partial charge in [-0.3, -0.25) is 0 Å². The molecule has 1 rings (SSSR count). The molecule has 1 N–H and O–H groups in total. The fourth-order valence-electron chi connectivity index (χ4n) is 1.30. The van der Waals surface area contributed by atoms with Gasteiger partial charge in [-0.15, -0.1) is 0 Å². The molecule has 0 amide bonds. The van der Waals surface area contributed by atoms with Gasteiger partial charge >= 0.3 is 0 Å². The summed E-state index contributed by atoms with van der Waals surface area (Å²) in [4.78, 5) is 0. The van der Waals surface area contributed by atoms with Gasteiger partial charge in [-0.1, -0.05) is 6.92 Å². The van der Waals surface area contributed by atoms with Gasteiger partial charge in [-0.05, 0) is 25.2 Å². The molecule has 1 aliphatic carbocycles. The number of aliphatic hydroxyl groups is 1. The lowest BCUT2D eigenvalue weighted by molar-refractivity contribution is 0.0278. The maximum atomic E-state index is 12.6. The Bertz CT molecular complexity index is 94.9. The summed E-state index contributed by atoms with van der Waals surface area (Å²) < 4.78 is 12.6. The van der Waals surface area contributed by atoms with Crippen molar-refractivity contribution in [2.24, 2.45) is 5.92 Å². The van der Waals surface area contributed by atoms with Gasteiger partial charge in [0.2, 0.25) is 0 Å². The first kappa shape index (κ1) is 7.00. The zero-order valence-corrected chi connectivity index (χ0v) is 5.68. The summed E-state index contributed by atoms with van der Waals surface area (Å²) in [5.74, 6) is 0.461. The molecule has 1 saturated carbocycles. The lowest BCUT2D eigenvalue weighted by Gasteiger charge is -2.25. The molecule has 0 spiro atoms. The van der Waals surface area contributed by atoms with E-state index < -0.39 is 12.3 Å². The summed E-state index contributed by atoms with van der Waals surface area (Å²) in [7, 11) is 0. The van der Waals surface area contributed by atoms with Gasteiger partial charge < -0.3 is 5.11 Å². The second-order valence-corrected chi connectivity index (χ2v) is 3.00. The SMILES string of the molecule is CC1CC[C@@H](O)C(F)C1. The highest BCUT2D eigenvalue weighted by Crippen LogP contribution is 2.25. The van der Waals surface area contributed by atoms with Crippen LogP contribution in [0.4, 0.5) is 4.39 Å². The van der Waals surface area contributed by atoms with Crippen LogP contribution in [0.3, 0.4) is 0 Å². The van der Waals surface area contributed by atoms with Crippen molar-refractivity contribution in [3.8, 4) is 0 Å². The van der Waals surface area contributed by atoms with Crippen LogP contribution in [0.15, 0.2) is 0 Å². The van der Waals surface area contributed by atoms with Crippen molar-refractivity contribution in [3.63, 3.8) is 0 Å². The van der Waals surface area contributed by atoms with Crippen LogP contribution in [0.2, 0.25) is 0 Å². The van der Waals surface area contributed by atoms with Crippen LogP contribution in [0, 0.1) is 5.92 Å². The topological polar surface area (TPSA) is 20.2 Å². The standard InChI is InChI=1S/C7H13FO/c1-5-2-3-7(9)6(8)4-5/h5-7,9H,2-4H2,1H3/t5?,6?,7-/m1/s1. The third-order valence-electron chi connectivity index (χ3n) is 2.00. The van der Waals surface area contributed by atoms with Gasteiger partial charge in [0, 0.05) is 0 Å². The fraction of sp³-hybridized carbons (Fsp3) is 1.00. The van der Waals surface area contributed by atoms with Gasteiger partial charge in [0.05, 0.1) is 6.10 Å². The Balaban J connectivity index is 2.35. The van der Waals surface area contributed by atoms with E-state index in [1.807, 2.05) is 6.92 Å². The normalized spacial score (nSPS) is 45.0. The van der Waals surface area contributed by atoms with Crippen LogP contribution in [-0.4, -0.2) is 17.4 Å². The summed E-state index contributed by atoms with van der Waals surface area (Å²) in [5.41, 5.74) is 0. The predicted octanol–water partition coefficient (Wildman–Crippen LogP) is 1.51. The Hall–Kier alpha value is -0.110. The van der Waals surface area contributed by atoms with Crippen LogP contribution >= 0.6 is 0 Å². The molecular weight excluding hydrogens is 119 g/mol. The molecule has 9 heavy (non-hydrogen) atoms. The van der Waals surface area contributed by atoms with Crippen LogP contribution < -0.4 is 0 Å². The van der Waals surface area contributed by atoms with Crippen LogP contribution in [0.25, 0.3) is 0 Å². The number of hydrogen-bond donors (Lipinski definition) is 1. The van der Waals surface area contributed by atoms with E-state index in [0.29, 0.717) is 18.8 Å². The minimum absolute atomic E-state index is 0.461. The number of aliphatic hydroxyl groups excluding tert-OH is 1. The predicted molar refractivity (Wildman–Crippen MR) is 33.9 cm³/mol.